The molecule has 0 N–H and O–H groups in total. The third-order valence-corrected chi connectivity index (χ3v) is 2.03. The molecule has 0 saturated carbocycles. The van der Waals surface area contributed by atoms with E-state index in [4.69, 9.17) is 0 Å². The Hall–Kier alpha value is -0.900. The van der Waals surface area contributed by atoms with Crippen molar-refractivity contribution in [3.63, 3.8) is 0 Å². The van der Waals surface area contributed by atoms with Crippen LogP contribution in [0.25, 0.3) is 10.9 Å². The first kappa shape index (κ1) is 6.79. The van der Waals surface area contributed by atoms with Crippen molar-refractivity contribution in [1.29, 1.82) is 0 Å². The van der Waals surface area contributed by atoms with Gasteiger partial charge in [0.25, 0.3) is 0 Å². The molecule has 0 aliphatic rings. The minimum Gasteiger partial charge on any atom is -0.268 e. The number of hydrogen-bond donors (Lipinski definition) is 0. The SMILES string of the molecule is Cn1ncc2cnc(Br)cc21. The van der Waals surface area contributed by atoms with Crippen LogP contribution in [-0.4, -0.2) is 14.8 Å². The molecule has 2 heterocycles. The monoisotopic (exact) mass is 211 g/mol. The smallest absolute Gasteiger partial charge is 0.108 e. The first-order valence-electron chi connectivity index (χ1n) is 3.20. The van der Waals surface area contributed by atoms with Crippen molar-refractivity contribution in [2.24, 2.45) is 7.05 Å². The number of fused-ring (bicyclic) bond motifs is 1. The number of nitrogens with zero attached hydrogens (tertiary/aromatic N) is 3. The van der Waals surface area contributed by atoms with Crippen molar-refractivity contribution in [1.82, 2.24) is 14.8 Å². The van der Waals surface area contributed by atoms with E-state index < -0.39 is 0 Å². The summed E-state index contributed by atoms with van der Waals surface area (Å²) in [6.45, 7) is 0. The molecule has 0 atom stereocenters. The van der Waals surface area contributed by atoms with Gasteiger partial charge in [-0.2, -0.15) is 5.10 Å². The molecular weight excluding hydrogens is 206 g/mol. The maximum Gasteiger partial charge on any atom is 0.108 e. The van der Waals surface area contributed by atoms with Crippen LogP contribution in [0.4, 0.5) is 0 Å². The Balaban J connectivity index is 2.87. The van der Waals surface area contributed by atoms with Gasteiger partial charge in [0.15, 0.2) is 0 Å². The van der Waals surface area contributed by atoms with E-state index in [2.05, 4.69) is 26.0 Å². The van der Waals surface area contributed by atoms with Gasteiger partial charge in [-0.15, -0.1) is 0 Å². The van der Waals surface area contributed by atoms with Gasteiger partial charge in [0.2, 0.25) is 0 Å². The number of hydrogen-bond acceptors (Lipinski definition) is 2. The van der Waals surface area contributed by atoms with Crippen LogP contribution < -0.4 is 0 Å². The van der Waals surface area contributed by atoms with Gasteiger partial charge < -0.3 is 0 Å². The highest BCUT2D eigenvalue weighted by Crippen LogP contribution is 2.15. The largest absolute Gasteiger partial charge is 0.268 e. The summed E-state index contributed by atoms with van der Waals surface area (Å²) in [6.07, 6.45) is 3.60. The topological polar surface area (TPSA) is 30.7 Å². The second-order valence-electron chi connectivity index (χ2n) is 2.33. The zero-order chi connectivity index (χ0) is 7.84. The lowest BCUT2D eigenvalue weighted by Crippen LogP contribution is -1.88. The molecular formula is C7H6BrN3. The van der Waals surface area contributed by atoms with E-state index >= 15 is 0 Å². The molecule has 56 valence electrons. The molecule has 0 amide bonds. The van der Waals surface area contributed by atoms with Gasteiger partial charge in [0, 0.05) is 18.6 Å². The summed E-state index contributed by atoms with van der Waals surface area (Å²) in [4.78, 5) is 4.08. The standard InChI is InChI=1S/C7H6BrN3/c1-11-6-2-7(8)9-3-5(6)4-10-11/h2-4H,1H3. The highest BCUT2D eigenvalue weighted by Gasteiger charge is 1.98. The highest BCUT2D eigenvalue weighted by molar-refractivity contribution is 9.10. The fourth-order valence-corrected chi connectivity index (χ4v) is 1.34. The van der Waals surface area contributed by atoms with Gasteiger partial charge in [-0.3, -0.25) is 4.68 Å². The van der Waals surface area contributed by atoms with Gasteiger partial charge in [-0.25, -0.2) is 4.98 Å². The molecule has 11 heavy (non-hydrogen) atoms. The predicted molar refractivity (Wildman–Crippen MR) is 46.2 cm³/mol. The van der Waals surface area contributed by atoms with E-state index in [0.29, 0.717) is 0 Å². The first-order valence-corrected chi connectivity index (χ1v) is 4.00. The fraction of sp³-hybridized carbons (Fsp3) is 0.143. The quantitative estimate of drug-likeness (QED) is 0.622. The molecule has 3 nitrogen and oxygen atoms in total. The number of halogens is 1. The van der Waals surface area contributed by atoms with Crippen LogP contribution in [-0.2, 0) is 7.05 Å². The van der Waals surface area contributed by atoms with Crippen LogP contribution >= 0.6 is 15.9 Å². The van der Waals surface area contributed by atoms with Crippen LogP contribution in [0, 0.1) is 0 Å². The molecule has 0 radical (unpaired) electrons. The molecule has 0 aliphatic carbocycles. The molecule has 0 fully saturated rings. The number of rotatable bonds is 0. The van der Waals surface area contributed by atoms with Crippen LogP contribution in [0.1, 0.15) is 0 Å². The third-order valence-electron chi connectivity index (χ3n) is 1.60. The molecule has 0 unspecified atom stereocenters. The van der Waals surface area contributed by atoms with Crippen LogP contribution in [0.5, 0.6) is 0 Å². The highest BCUT2D eigenvalue weighted by atomic mass is 79.9. The van der Waals surface area contributed by atoms with Crippen molar-refractivity contribution >= 4 is 26.8 Å². The molecule has 0 bridgehead atoms. The van der Waals surface area contributed by atoms with E-state index in [0.717, 1.165) is 15.5 Å². The zero-order valence-corrected chi connectivity index (χ0v) is 7.54. The van der Waals surface area contributed by atoms with Gasteiger partial charge in [-0.05, 0) is 22.0 Å². The zero-order valence-electron chi connectivity index (χ0n) is 5.95. The van der Waals surface area contributed by atoms with Crippen molar-refractivity contribution in [3.8, 4) is 0 Å². The van der Waals surface area contributed by atoms with Crippen molar-refractivity contribution in [3.05, 3.63) is 23.1 Å². The normalized spacial score (nSPS) is 10.7. The molecule has 2 aromatic heterocycles. The molecule has 0 spiro atoms. The molecule has 0 aliphatic heterocycles. The Bertz CT molecular complexity index is 393. The molecule has 0 aromatic carbocycles. The Morgan fingerprint density at radius 2 is 2.27 bits per heavy atom. The number of aromatic nitrogens is 3. The van der Waals surface area contributed by atoms with Crippen molar-refractivity contribution in [2.45, 2.75) is 0 Å². The van der Waals surface area contributed by atoms with Crippen molar-refractivity contribution < 1.29 is 0 Å². The molecule has 2 aromatic rings. The summed E-state index contributed by atoms with van der Waals surface area (Å²) in [6, 6.07) is 1.95. The summed E-state index contributed by atoms with van der Waals surface area (Å²) >= 11 is 3.30. The average Bonchev–Trinajstić information content (AvgIpc) is 2.33. The third kappa shape index (κ3) is 1.03. The fourth-order valence-electron chi connectivity index (χ4n) is 1.02. The lowest BCUT2D eigenvalue weighted by Gasteiger charge is -1.92. The summed E-state index contributed by atoms with van der Waals surface area (Å²) in [5.41, 5.74) is 1.09. The summed E-state index contributed by atoms with van der Waals surface area (Å²) in [5, 5.41) is 5.16. The summed E-state index contributed by atoms with van der Waals surface area (Å²) in [7, 11) is 1.91. The van der Waals surface area contributed by atoms with E-state index in [1.54, 1.807) is 12.4 Å². The van der Waals surface area contributed by atoms with Gasteiger partial charge >= 0.3 is 0 Å². The van der Waals surface area contributed by atoms with E-state index in [9.17, 15) is 0 Å². The minimum atomic E-state index is 0.841. The lowest BCUT2D eigenvalue weighted by atomic mass is 10.3. The molecule has 4 heteroatoms. The average molecular weight is 212 g/mol. The number of aryl methyl sites for hydroxylation is 1. The van der Waals surface area contributed by atoms with E-state index in [1.165, 1.54) is 0 Å². The van der Waals surface area contributed by atoms with Crippen molar-refractivity contribution in [2.75, 3.05) is 0 Å². The Kier molecular flexibility index (Phi) is 1.42. The molecule has 0 saturated heterocycles. The van der Waals surface area contributed by atoms with Crippen LogP contribution in [0.3, 0.4) is 0 Å². The number of pyridine rings is 1. The maximum absolute atomic E-state index is 4.09. The maximum atomic E-state index is 4.09. The lowest BCUT2D eigenvalue weighted by molar-refractivity contribution is 0.796. The van der Waals surface area contributed by atoms with E-state index in [1.807, 2.05) is 17.8 Å². The first-order chi connectivity index (χ1) is 5.27. The van der Waals surface area contributed by atoms with Crippen LogP contribution in [0.2, 0.25) is 0 Å². The second kappa shape index (κ2) is 2.30. The van der Waals surface area contributed by atoms with Crippen LogP contribution in [0.15, 0.2) is 23.1 Å². The summed E-state index contributed by atoms with van der Waals surface area (Å²) in [5.74, 6) is 0. The van der Waals surface area contributed by atoms with Gasteiger partial charge in [-0.1, -0.05) is 0 Å². The summed E-state index contributed by atoms with van der Waals surface area (Å²) < 4.78 is 2.66. The van der Waals surface area contributed by atoms with Gasteiger partial charge in [0.1, 0.15) is 4.60 Å². The van der Waals surface area contributed by atoms with Gasteiger partial charge in [0.05, 0.1) is 11.7 Å². The predicted octanol–water partition coefficient (Wildman–Crippen LogP) is 1.73. The minimum absolute atomic E-state index is 0.841. The second-order valence-corrected chi connectivity index (χ2v) is 3.15. The Morgan fingerprint density at radius 1 is 1.45 bits per heavy atom. The van der Waals surface area contributed by atoms with E-state index in [-0.39, 0.29) is 0 Å². The molecule has 2 rings (SSSR count). The Morgan fingerprint density at radius 3 is 3.09 bits per heavy atom. The Labute approximate surface area is 72.2 Å².